The number of ether oxygens (including phenoxy) is 2. The van der Waals surface area contributed by atoms with E-state index in [4.69, 9.17) is 32.7 Å². The molecule has 2 aliphatic carbocycles. The number of carbonyl (C=O) groups is 3. The number of hydrogen-bond donors (Lipinski definition) is 1. The van der Waals surface area contributed by atoms with Gasteiger partial charge < -0.3 is 19.7 Å². The van der Waals surface area contributed by atoms with Crippen LogP contribution in [-0.4, -0.2) is 42.1 Å². The Bertz CT molecular complexity index is 1600. The van der Waals surface area contributed by atoms with Crippen LogP contribution in [0.25, 0.3) is 0 Å². The third-order valence-electron chi connectivity index (χ3n) is 8.94. The van der Waals surface area contributed by atoms with Crippen LogP contribution < -0.4 is 14.8 Å². The second-order valence-electron chi connectivity index (χ2n) is 14.3. The van der Waals surface area contributed by atoms with Crippen LogP contribution in [0.3, 0.4) is 0 Å². The molecule has 0 atom stereocenters. The Balaban J connectivity index is 1.56. The lowest BCUT2D eigenvalue weighted by atomic mass is 9.63. The van der Waals surface area contributed by atoms with Crippen LogP contribution in [0, 0.1) is 17.8 Å². The van der Waals surface area contributed by atoms with Gasteiger partial charge in [-0.25, -0.2) is 0 Å². The summed E-state index contributed by atoms with van der Waals surface area (Å²) in [6.07, 6.45) is 3.17. The van der Waals surface area contributed by atoms with Crippen molar-refractivity contribution in [2.75, 3.05) is 25.1 Å². The minimum Gasteiger partial charge on any atom is -0.490 e. The molecule has 0 radical (unpaired) electrons. The van der Waals surface area contributed by atoms with Crippen molar-refractivity contribution >= 4 is 46.4 Å². The maximum absolute atomic E-state index is 14.1. The van der Waals surface area contributed by atoms with Gasteiger partial charge in [-0.05, 0) is 79.3 Å². The molecule has 5 rings (SSSR count). The molecule has 1 heterocycles. The molecule has 1 aliphatic heterocycles. The van der Waals surface area contributed by atoms with Crippen LogP contribution in [0.1, 0.15) is 90.7 Å². The smallest absolute Gasteiger partial charge is 0.262 e. The zero-order chi connectivity index (χ0) is 33.6. The second kappa shape index (κ2) is 13.1. The number of ketones is 2. The number of halogens is 2. The summed E-state index contributed by atoms with van der Waals surface area (Å²) in [6.45, 7) is 15.1. The van der Waals surface area contributed by atoms with Gasteiger partial charge in [0.15, 0.2) is 29.7 Å². The molecule has 0 aromatic heterocycles. The zero-order valence-corrected chi connectivity index (χ0v) is 29.4. The van der Waals surface area contributed by atoms with Gasteiger partial charge in [0.25, 0.3) is 5.91 Å². The first-order valence-corrected chi connectivity index (χ1v) is 16.9. The fraction of sp³-hybridized carbons (Fsp3) is 0.486. The molecule has 0 fully saturated rings. The van der Waals surface area contributed by atoms with E-state index in [-0.39, 0.29) is 45.7 Å². The molecule has 0 bridgehead atoms. The highest BCUT2D eigenvalue weighted by Gasteiger charge is 2.49. The van der Waals surface area contributed by atoms with Crippen molar-refractivity contribution < 1.29 is 23.9 Å². The first kappa shape index (κ1) is 34.1. The maximum Gasteiger partial charge on any atom is 0.262 e. The van der Waals surface area contributed by atoms with Crippen molar-refractivity contribution in [1.29, 1.82) is 0 Å². The fourth-order valence-corrected chi connectivity index (χ4v) is 7.49. The van der Waals surface area contributed by atoms with E-state index in [0.29, 0.717) is 52.6 Å². The molecular weight excluding hydrogens is 623 g/mol. The van der Waals surface area contributed by atoms with Gasteiger partial charge in [0.05, 0.1) is 11.6 Å². The summed E-state index contributed by atoms with van der Waals surface area (Å²) in [7, 11) is 0. The highest BCUT2D eigenvalue weighted by atomic mass is 35.5. The molecule has 0 unspecified atom stereocenters. The van der Waals surface area contributed by atoms with Crippen LogP contribution in [-0.2, 0) is 14.4 Å². The number of rotatable bonds is 9. The quantitative estimate of drug-likeness (QED) is 0.288. The molecule has 3 aliphatic rings. The number of benzene rings is 2. The molecule has 246 valence electrons. The largest absolute Gasteiger partial charge is 0.490 e. The van der Waals surface area contributed by atoms with Gasteiger partial charge in [-0.3, -0.25) is 14.4 Å². The van der Waals surface area contributed by atoms with Crippen LogP contribution in [0.2, 0.25) is 10.0 Å². The first-order valence-electron chi connectivity index (χ1n) is 16.1. The summed E-state index contributed by atoms with van der Waals surface area (Å²) in [5, 5.41) is 3.57. The molecule has 0 saturated heterocycles. The summed E-state index contributed by atoms with van der Waals surface area (Å²) < 4.78 is 12.0. The molecule has 2 aromatic rings. The number of hydrogen-bond acceptors (Lipinski definition) is 6. The first-order chi connectivity index (χ1) is 21.6. The SMILES string of the molecule is CCCN1C2=C(C(=O)CC(C)(C)C2)C(c2cc(Cl)c(OCC(=O)Nc3ccc(C)c(Cl)c3)c(OCC)c2)C2=C1CC(C)(C)CC2=O. The lowest BCUT2D eigenvalue weighted by Gasteiger charge is -2.49. The number of aryl methyl sites for hydroxylation is 1. The van der Waals surface area contributed by atoms with E-state index < -0.39 is 5.92 Å². The molecule has 0 saturated carbocycles. The van der Waals surface area contributed by atoms with Crippen LogP contribution in [0.5, 0.6) is 11.5 Å². The monoisotopic (exact) mass is 666 g/mol. The Hall–Kier alpha value is -3.29. The zero-order valence-electron chi connectivity index (χ0n) is 27.9. The Kier molecular flexibility index (Phi) is 9.68. The van der Waals surface area contributed by atoms with Crippen LogP contribution in [0.4, 0.5) is 5.69 Å². The van der Waals surface area contributed by atoms with Gasteiger partial charge in [-0.2, -0.15) is 0 Å². The second-order valence-corrected chi connectivity index (χ2v) is 15.1. The summed E-state index contributed by atoms with van der Waals surface area (Å²) in [6, 6.07) is 8.85. The van der Waals surface area contributed by atoms with Gasteiger partial charge in [-0.15, -0.1) is 0 Å². The Morgan fingerprint density at radius 1 is 0.891 bits per heavy atom. The van der Waals surface area contributed by atoms with E-state index in [1.165, 1.54) is 0 Å². The minimum atomic E-state index is -0.564. The number of allylic oxidation sites excluding steroid dienone is 4. The van der Waals surface area contributed by atoms with Gasteiger partial charge in [0, 0.05) is 58.6 Å². The Labute approximate surface area is 282 Å². The topological polar surface area (TPSA) is 84.9 Å². The average Bonchev–Trinajstić information content (AvgIpc) is 2.94. The number of carbonyl (C=O) groups excluding carboxylic acids is 3. The number of anilines is 1. The predicted molar refractivity (Wildman–Crippen MR) is 183 cm³/mol. The fourth-order valence-electron chi connectivity index (χ4n) is 7.04. The lowest BCUT2D eigenvalue weighted by Crippen LogP contribution is -2.44. The molecule has 0 spiro atoms. The standard InChI is InChI=1S/C37H44Cl2N2O5/c1-8-12-41-26-16-36(4,5)18-28(42)33(26)32(34-27(41)17-37(6,7)19-29(34)43)22-13-25(39)35(30(14-22)45-9-2)46-20-31(44)40-23-11-10-21(3)24(38)15-23/h10-11,13-15,32H,8-9,12,16-20H2,1-7H3,(H,40,44). The van der Waals surface area contributed by atoms with Crippen molar-refractivity contribution in [2.24, 2.45) is 10.8 Å². The molecule has 46 heavy (non-hydrogen) atoms. The van der Waals surface area contributed by atoms with E-state index in [9.17, 15) is 14.4 Å². The number of nitrogens with zero attached hydrogens (tertiary/aromatic N) is 1. The van der Waals surface area contributed by atoms with E-state index in [0.717, 1.165) is 42.8 Å². The number of nitrogens with one attached hydrogen (secondary N) is 1. The molecule has 1 N–H and O–H groups in total. The summed E-state index contributed by atoms with van der Waals surface area (Å²) >= 11 is 13.1. The third-order valence-corrected chi connectivity index (χ3v) is 9.63. The van der Waals surface area contributed by atoms with Crippen molar-refractivity contribution in [3.05, 3.63) is 74.0 Å². The molecular formula is C37H44Cl2N2O5. The van der Waals surface area contributed by atoms with E-state index >= 15 is 0 Å². The number of amides is 1. The van der Waals surface area contributed by atoms with Crippen molar-refractivity contribution in [3.63, 3.8) is 0 Å². The lowest BCUT2D eigenvalue weighted by molar-refractivity contribution is -0.120. The van der Waals surface area contributed by atoms with Crippen LogP contribution >= 0.6 is 23.2 Å². The van der Waals surface area contributed by atoms with Crippen molar-refractivity contribution in [1.82, 2.24) is 4.90 Å². The van der Waals surface area contributed by atoms with Gasteiger partial charge in [0.2, 0.25) is 0 Å². The predicted octanol–water partition coefficient (Wildman–Crippen LogP) is 8.81. The maximum atomic E-state index is 14.1. The molecule has 9 heteroatoms. The third kappa shape index (κ3) is 6.86. The van der Waals surface area contributed by atoms with Gasteiger partial charge >= 0.3 is 0 Å². The van der Waals surface area contributed by atoms with Gasteiger partial charge in [-0.1, -0.05) is 63.9 Å². The normalized spacial score (nSPS) is 19.2. The summed E-state index contributed by atoms with van der Waals surface area (Å²) in [5.41, 5.74) is 5.16. The van der Waals surface area contributed by atoms with E-state index in [1.54, 1.807) is 18.2 Å². The minimum absolute atomic E-state index is 0.0591. The highest BCUT2D eigenvalue weighted by Crippen LogP contribution is 2.55. The van der Waals surface area contributed by atoms with Crippen molar-refractivity contribution in [3.8, 4) is 11.5 Å². The van der Waals surface area contributed by atoms with Gasteiger partial charge in [0.1, 0.15) is 0 Å². The average molecular weight is 668 g/mol. The Morgan fingerprint density at radius 3 is 2.04 bits per heavy atom. The van der Waals surface area contributed by atoms with Crippen LogP contribution in [0.15, 0.2) is 52.9 Å². The summed E-state index contributed by atoms with van der Waals surface area (Å²) in [4.78, 5) is 43.2. The molecule has 2 aromatic carbocycles. The number of Topliss-reactive ketones (excluding diaryl/α,β-unsaturated/α-hetero) is 2. The highest BCUT2D eigenvalue weighted by molar-refractivity contribution is 6.32. The summed E-state index contributed by atoms with van der Waals surface area (Å²) in [5.74, 6) is -0.258. The van der Waals surface area contributed by atoms with E-state index in [1.807, 2.05) is 26.0 Å². The molecule has 7 nitrogen and oxygen atoms in total. The van der Waals surface area contributed by atoms with E-state index in [2.05, 4.69) is 44.8 Å². The Morgan fingerprint density at radius 2 is 1.50 bits per heavy atom. The van der Waals surface area contributed by atoms with Crippen molar-refractivity contribution in [2.45, 2.75) is 86.5 Å². The molecule has 1 amide bonds.